The molecule has 0 atom stereocenters. The number of rotatable bonds is 5. The third-order valence-corrected chi connectivity index (χ3v) is 14.2. The minimum absolute atomic E-state index is 1.25. The van der Waals surface area contributed by atoms with Gasteiger partial charge < -0.3 is 0 Å². The zero-order valence-electron chi connectivity index (χ0n) is 28.9. The third-order valence-electron chi connectivity index (χ3n) is 10.1. The fourth-order valence-electron chi connectivity index (χ4n) is 7.33. The average Bonchev–Trinajstić information content (AvgIpc) is 3.09. The molecule has 0 heterocycles. The van der Waals surface area contributed by atoms with Crippen molar-refractivity contribution in [2.24, 2.45) is 0 Å². The van der Waals surface area contributed by atoms with Crippen molar-refractivity contribution in [2.45, 2.75) is 39.3 Å². The van der Waals surface area contributed by atoms with Crippen LogP contribution in [0.25, 0.3) is 76.5 Å². The van der Waals surface area contributed by atoms with Crippen LogP contribution < -0.4 is 10.4 Å². The van der Waals surface area contributed by atoms with E-state index in [-0.39, 0.29) is 0 Å². The summed E-state index contributed by atoms with van der Waals surface area (Å²) in [5.41, 5.74) is 7.75. The SMILES string of the molecule is C[Si](C)(C)c1ccc2c(-c3ccc4ccccc4c3)c3cc([Si](C)(C)C)ccc3c(-c3ccc(-c4ccc5ccccc5c4)cc3)c2c1. The molecule has 8 aromatic carbocycles. The molecule has 0 aliphatic rings. The molecule has 0 aliphatic heterocycles. The molecule has 0 radical (unpaired) electrons. The Labute approximate surface area is 286 Å². The molecule has 0 amide bonds. The van der Waals surface area contributed by atoms with Crippen LogP contribution in [0.3, 0.4) is 0 Å². The molecule has 0 aliphatic carbocycles. The second-order valence-electron chi connectivity index (χ2n) is 15.5. The Morgan fingerprint density at radius 1 is 0.292 bits per heavy atom. The van der Waals surface area contributed by atoms with Crippen LogP contribution in [-0.4, -0.2) is 16.1 Å². The number of benzene rings is 8. The molecular formula is C46H42Si2. The summed E-state index contributed by atoms with van der Waals surface area (Å²) < 4.78 is 0. The standard InChI is InChI=1S/C46H42Si2/c1-47(2,3)39-24-26-42-43(29-39)45(34-19-15-33(16-20-34)37-21-17-31-11-7-9-13-35(31)27-37)41-25-23-40(48(4,5)6)30-44(41)46(42)38-22-18-32-12-8-10-14-36(32)28-38/h7-30H,1-6H3. The zero-order chi connectivity index (χ0) is 33.2. The van der Waals surface area contributed by atoms with Gasteiger partial charge in [-0.3, -0.25) is 0 Å². The second-order valence-corrected chi connectivity index (χ2v) is 25.6. The number of hydrogen-bond acceptors (Lipinski definition) is 0. The maximum atomic E-state index is 2.53. The van der Waals surface area contributed by atoms with Crippen LogP contribution in [0.1, 0.15) is 0 Å². The Kier molecular flexibility index (Phi) is 7.28. The highest BCUT2D eigenvalue weighted by molar-refractivity contribution is 6.89. The minimum atomic E-state index is -1.58. The monoisotopic (exact) mass is 650 g/mol. The molecule has 0 aromatic heterocycles. The van der Waals surface area contributed by atoms with Crippen molar-refractivity contribution in [1.82, 2.24) is 0 Å². The number of fused-ring (bicyclic) bond motifs is 4. The lowest BCUT2D eigenvalue weighted by molar-refractivity contribution is 1.63. The molecule has 0 spiro atoms. The maximum Gasteiger partial charge on any atom is 0.0776 e. The number of hydrogen-bond donors (Lipinski definition) is 0. The van der Waals surface area contributed by atoms with Crippen LogP contribution in [-0.2, 0) is 0 Å². The van der Waals surface area contributed by atoms with E-state index in [0.717, 1.165) is 0 Å². The van der Waals surface area contributed by atoms with Gasteiger partial charge in [0.1, 0.15) is 0 Å². The Bertz CT molecular complexity index is 2510. The van der Waals surface area contributed by atoms with Crippen molar-refractivity contribution in [1.29, 1.82) is 0 Å². The molecule has 2 heteroatoms. The first-order valence-electron chi connectivity index (χ1n) is 17.2. The molecule has 0 fully saturated rings. The molecule has 48 heavy (non-hydrogen) atoms. The van der Waals surface area contributed by atoms with Gasteiger partial charge in [0.2, 0.25) is 0 Å². The highest BCUT2D eigenvalue weighted by Crippen LogP contribution is 2.44. The predicted octanol–water partition coefficient (Wildman–Crippen LogP) is 12.4. The zero-order valence-corrected chi connectivity index (χ0v) is 30.9. The molecule has 0 saturated heterocycles. The third kappa shape index (κ3) is 5.39. The van der Waals surface area contributed by atoms with E-state index in [1.165, 1.54) is 86.8 Å². The molecule has 234 valence electrons. The molecular weight excluding hydrogens is 609 g/mol. The van der Waals surface area contributed by atoms with Crippen LogP contribution >= 0.6 is 0 Å². The van der Waals surface area contributed by atoms with E-state index in [9.17, 15) is 0 Å². The first kappa shape index (κ1) is 30.6. The molecule has 0 bridgehead atoms. The van der Waals surface area contributed by atoms with Crippen molar-refractivity contribution < 1.29 is 0 Å². The first-order valence-corrected chi connectivity index (χ1v) is 24.2. The Hall–Kier alpha value is -4.77. The Morgan fingerprint density at radius 3 is 1.19 bits per heavy atom. The van der Waals surface area contributed by atoms with Crippen molar-refractivity contribution in [2.75, 3.05) is 0 Å². The van der Waals surface area contributed by atoms with E-state index in [4.69, 9.17) is 0 Å². The Morgan fingerprint density at radius 2 is 0.688 bits per heavy atom. The van der Waals surface area contributed by atoms with Crippen LogP contribution in [0, 0.1) is 0 Å². The summed E-state index contributed by atoms with van der Waals surface area (Å²) in [6.45, 7) is 14.7. The molecule has 8 rings (SSSR count). The van der Waals surface area contributed by atoms with Gasteiger partial charge in [-0.2, -0.15) is 0 Å². The van der Waals surface area contributed by atoms with E-state index >= 15 is 0 Å². The molecule has 0 saturated carbocycles. The topological polar surface area (TPSA) is 0 Å². The van der Waals surface area contributed by atoms with Crippen molar-refractivity contribution >= 4 is 69.6 Å². The van der Waals surface area contributed by atoms with Crippen LogP contribution in [0.15, 0.2) is 146 Å². The van der Waals surface area contributed by atoms with Gasteiger partial charge in [0.25, 0.3) is 0 Å². The highest BCUT2D eigenvalue weighted by atomic mass is 28.3. The summed E-state index contributed by atoms with van der Waals surface area (Å²) in [6, 6.07) is 55.3. The summed E-state index contributed by atoms with van der Waals surface area (Å²) >= 11 is 0. The second kappa shape index (κ2) is 11.4. The molecule has 0 N–H and O–H groups in total. The van der Waals surface area contributed by atoms with E-state index in [2.05, 4.69) is 185 Å². The van der Waals surface area contributed by atoms with Gasteiger partial charge in [-0.15, -0.1) is 0 Å². The van der Waals surface area contributed by atoms with Gasteiger partial charge in [-0.1, -0.05) is 183 Å². The molecule has 0 nitrogen and oxygen atoms in total. The lowest BCUT2D eigenvalue weighted by atomic mass is 9.85. The van der Waals surface area contributed by atoms with E-state index < -0.39 is 16.1 Å². The van der Waals surface area contributed by atoms with Gasteiger partial charge in [0.05, 0.1) is 16.1 Å². The summed E-state index contributed by atoms with van der Waals surface area (Å²) in [6.07, 6.45) is 0. The molecule has 8 aromatic rings. The van der Waals surface area contributed by atoms with E-state index in [1.54, 1.807) is 0 Å². The van der Waals surface area contributed by atoms with E-state index in [0.29, 0.717) is 0 Å². The predicted molar refractivity (Wildman–Crippen MR) is 219 cm³/mol. The molecule has 0 unspecified atom stereocenters. The highest BCUT2D eigenvalue weighted by Gasteiger charge is 2.24. The lowest BCUT2D eigenvalue weighted by Crippen LogP contribution is -2.37. The quantitative estimate of drug-likeness (QED) is 0.128. The van der Waals surface area contributed by atoms with Crippen LogP contribution in [0.4, 0.5) is 0 Å². The summed E-state index contributed by atoms with van der Waals surface area (Å²) in [4.78, 5) is 0. The van der Waals surface area contributed by atoms with Gasteiger partial charge in [-0.25, -0.2) is 0 Å². The van der Waals surface area contributed by atoms with Crippen molar-refractivity contribution in [3.8, 4) is 33.4 Å². The van der Waals surface area contributed by atoms with Gasteiger partial charge in [0, 0.05) is 0 Å². The maximum absolute atomic E-state index is 2.53. The Balaban J connectivity index is 1.42. The first-order chi connectivity index (χ1) is 23.0. The smallest absolute Gasteiger partial charge is 0.0656 e. The van der Waals surface area contributed by atoms with E-state index in [1.807, 2.05) is 0 Å². The van der Waals surface area contributed by atoms with Gasteiger partial charge >= 0.3 is 0 Å². The van der Waals surface area contributed by atoms with Crippen molar-refractivity contribution in [3.63, 3.8) is 0 Å². The van der Waals surface area contributed by atoms with Gasteiger partial charge in [0.15, 0.2) is 0 Å². The summed E-state index contributed by atoms with van der Waals surface area (Å²) in [5.74, 6) is 0. The van der Waals surface area contributed by atoms with Crippen LogP contribution in [0.5, 0.6) is 0 Å². The fourth-order valence-corrected chi connectivity index (χ4v) is 9.65. The van der Waals surface area contributed by atoms with Crippen LogP contribution in [0.2, 0.25) is 39.3 Å². The minimum Gasteiger partial charge on any atom is -0.0656 e. The normalized spacial score (nSPS) is 12.4. The lowest BCUT2D eigenvalue weighted by Gasteiger charge is -2.24. The summed E-state index contributed by atoms with van der Waals surface area (Å²) in [7, 11) is -3.15. The summed E-state index contributed by atoms with van der Waals surface area (Å²) in [5, 5.41) is 13.5. The fraction of sp³-hybridized carbons (Fsp3) is 0.130. The largest absolute Gasteiger partial charge is 0.0776 e. The average molecular weight is 651 g/mol. The van der Waals surface area contributed by atoms with Gasteiger partial charge in [-0.05, 0) is 88.6 Å². The van der Waals surface area contributed by atoms with Crippen molar-refractivity contribution in [3.05, 3.63) is 146 Å².